The van der Waals surface area contributed by atoms with Crippen LogP contribution in [0.4, 0.5) is 0 Å². The van der Waals surface area contributed by atoms with Gasteiger partial charge in [0.15, 0.2) is 0 Å². The maximum Gasteiger partial charge on any atom is 0.238 e. The zero-order valence-corrected chi connectivity index (χ0v) is 15.5. The lowest BCUT2D eigenvalue weighted by atomic mass is 9.73. The predicted octanol–water partition coefficient (Wildman–Crippen LogP) is 1.08. The quantitative estimate of drug-likeness (QED) is 0.802. The molecule has 2 N–H and O–H groups in total. The van der Waals surface area contributed by atoms with E-state index in [1.165, 1.54) is 0 Å². The first kappa shape index (κ1) is 17.9. The largest absolute Gasteiger partial charge is 0.369 e. The Morgan fingerprint density at radius 1 is 1.19 bits per heavy atom. The molecule has 0 bridgehead atoms. The molecular weight excluding hydrogens is 344 g/mol. The van der Waals surface area contributed by atoms with Crippen molar-refractivity contribution in [2.75, 3.05) is 19.6 Å². The molecule has 27 heavy (non-hydrogen) atoms. The number of piperidine rings is 2. The van der Waals surface area contributed by atoms with E-state index in [1.54, 1.807) is 12.4 Å². The van der Waals surface area contributed by atoms with Gasteiger partial charge in [-0.25, -0.2) is 0 Å². The second kappa shape index (κ2) is 6.62. The lowest BCUT2D eigenvalue weighted by Gasteiger charge is -2.48. The molecular formula is C20H26N4O3. The monoisotopic (exact) mass is 370 g/mol. The first-order valence-corrected chi connectivity index (χ1v) is 9.70. The standard InChI is InChI=1S/C20H26N4O3/c21-17(26)20(7-8-20)18(27)23-10-2-5-19(13-23)6-4-16(25)24(14-19)12-15-3-1-9-22-11-15/h1,3,9,11H,2,4-8,10,12-14H2,(H2,21,26). The van der Waals surface area contributed by atoms with Gasteiger partial charge in [0.25, 0.3) is 0 Å². The number of hydrogen-bond acceptors (Lipinski definition) is 4. The van der Waals surface area contributed by atoms with Crippen molar-refractivity contribution in [1.29, 1.82) is 0 Å². The Bertz CT molecular complexity index is 762. The second-order valence-corrected chi connectivity index (χ2v) is 8.39. The van der Waals surface area contributed by atoms with Crippen LogP contribution in [0, 0.1) is 10.8 Å². The number of rotatable bonds is 4. The molecule has 7 heteroatoms. The SMILES string of the molecule is NC(=O)C1(C(=O)N2CCCC3(CCC(=O)N(Cc4cccnc4)C3)C2)CC1. The highest BCUT2D eigenvalue weighted by molar-refractivity contribution is 6.07. The number of hydrogen-bond donors (Lipinski definition) is 1. The topological polar surface area (TPSA) is 96.6 Å². The lowest BCUT2D eigenvalue weighted by molar-refractivity contribution is -0.149. The number of carbonyl (C=O) groups is 3. The summed E-state index contributed by atoms with van der Waals surface area (Å²) in [6.07, 6.45) is 7.83. The number of aromatic nitrogens is 1. The van der Waals surface area contributed by atoms with Crippen molar-refractivity contribution in [2.24, 2.45) is 16.6 Å². The summed E-state index contributed by atoms with van der Waals surface area (Å²) in [4.78, 5) is 45.0. The molecule has 7 nitrogen and oxygen atoms in total. The molecule has 1 saturated carbocycles. The Kier molecular flexibility index (Phi) is 4.40. The van der Waals surface area contributed by atoms with Gasteiger partial charge in [-0.15, -0.1) is 0 Å². The molecule has 1 atom stereocenters. The van der Waals surface area contributed by atoms with Crippen molar-refractivity contribution in [1.82, 2.24) is 14.8 Å². The summed E-state index contributed by atoms with van der Waals surface area (Å²) in [6.45, 7) is 2.48. The summed E-state index contributed by atoms with van der Waals surface area (Å²) < 4.78 is 0. The Hall–Kier alpha value is -2.44. The highest BCUT2D eigenvalue weighted by Crippen LogP contribution is 2.48. The molecule has 1 unspecified atom stereocenters. The van der Waals surface area contributed by atoms with E-state index in [1.807, 2.05) is 21.9 Å². The molecule has 1 aromatic heterocycles. The molecule has 4 rings (SSSR count). The van der Waals surface area contributed by atoms with Crippen molar-refractivity contribution >= 4 is 17.7 Å². The zero-order chi connectivity index (χ0) is 19.1. The average molecular weight is 370 g/mol. The van der Waals surface area contributed by atoms with Gasteiger partial charge in [0.1, 0.15) is 5.41 Å². The van der Waals surface area contributed by atoms with E-state index < -0.39 is 11.3 Å². The van der Waals surface area contributed by atoms with Crippen molar-refractivity contribution in [3.05, 3.63) is 30.1 Å². The van der Waals surface area contributed by atoms with E-state index in [0.29, 0.717) is 45.4 Å². The third-order valence-electron chi connectivity index (χ3n) is 6.42. The highest BCUT2D eigenvalue weighted by Gasteiger charge is 2.58. The van der Waals surface area contributed by atoms with Gasteiger partial charge in [-0.05, 0) is 43.7 Å². The third-order valence-corrected chi connectivity index (χ3v) is 6.42. The number of amides is 3. The van der Waals surface area contributed by atoms with Crippen LogP contribution in [-0.2, 0) is 20.9 Å². The van der Waals surface area contributed by atoms with E-state index in [9.17, 15) is 14.4 Å². The van der Waals surface area contributed by atoms with Crippen LogP contribution < -0.4 is 5.73 Å². The molecule has 1 aliphatic carbocycles. The average Bonchev–Trinajstić information content (AvgIpc) is 3.47. The maximum atomic E-state index is 12.9. The van der Waals surface area contributed by atoms with Crippen molar-refractivity contribution in [2.45, 2.75) is 45.1 Å². The fraction of sp³-hybridized carbons (Fsp3) is 0.600. The summed E-state index contributed by atoms with van der Waals surface area (Å²) in [6, 6.07) is 3.85. The number of primary amides is 1. The van der Waals surface area contributed by atoms with Gasteiger partial charge in [-0.3, -0.25) is 19.4 Å². The number of pyridine rings is 1. The number of likely N-dealkylation sites (tertiary alicyclic amines) is 2. The molecule has 3 amide bonds. The first-order valence-electron chi connectivity index (χ1n) is 9.70. The molecule has 3 aliphatic rings. The minimum absolute atomic E-state index is 0.0856. The van der Waals surface area contributed by atoms with Crippen LogP contribution in [0.2, 0.25) is 0 Å². The third kappa shape index (κ3) is 3.31. The Balaban J connectivity index is 1.48. The molecule has 2 saturated heterocycles. The summed E-state index contributed by atoms with van der Waals surface area (Å²) >= 11 is 0. The normalized spacial score (nSPS) is 26.9. The number of nitrogens with two attached hydrogens (primary N) is 1. The van der Waals surface area contributed by atoms with Crippen LogP contribution in [0.5, 0.6) is 0 Å². The molecule has 0 aromatic carbocycles. The minimum atomic E-state index is -0.960. The van der Waals surface area contributed by atoms with Crippen molar-refractivity contribution in [3.63, 3.8) is 0 Å². The van der Waals surface area contributed by atoms with Crippen LogP contribution in [0.25, 0.3) is 0 Å². The van der Waals surface area contributed by atoms with Crippen molar-refractivity contribution < 1.29 is 14.4 Å². The smallest absolute Gasteiger partial charge is 0.238 e. The molecule has 3 heterocycles. The van der Waals surface area contributed by atoms with Crippen LogP contribution in [0.3, 0.4) is 0 Å². The molecule has 0 radical (unpaired) electrons. The van der Waals surface area contributed by atoms with Crippen LogP contribution >= 0.6 is 0 Å². The Morgan fingerprint density at radius 3 is 2.67 bits per heavy atom. The molecule has 1 aromatic rings. The van der Waals surface area contributed by atoms with Gasteiger partial charge in [0.2, 0.25) is 17.7 Å². The minimum Gasteiger partial charge on any atom is -0.369 e. The van der Waals surface area contributed by atoms with Crippen LogP contribution in [-0.4, -0.2) is 52.1 Å². The van der Waals surface area contributed by atoms with Gasteiger partial charge in [0, 0.05) is 50.4 Å². The second-order valence-electron chi connectivity index (χ2n) is 8.39. The van der Waals surface area contributed by atoms with Crippen LogP contribution in [0.15, 0.2) is 24.5 Å². The van der Waals surface area contributed by atoms with E-state index in [4.69, 9.17) is 5.73 Å². The highest BCUT2D eigenvalue weighted by atomic mass is 16.2. The summed E-state index contributed by atoms with van der Waals surface area (Å²) in [5.74, 6) is -0.447. The van der Waals surface area contributed by atoms with Crippen molar-refractivity contribution in [3.8, 4) is 0 Å². The Morgan fingerprint density at radius 2 is 2.00 bits per heavy atom. The molecule has 2 aliphatic heterocycles. The number of carbonyl (C=O) groups excluding carboxylic acids is 3. The van der Waals surface area contributed by atoms with Gasteiger partial charge >= 0.3 is 0 Å². The van der Waals surface area contributed by atoms with Gasteiger partial charge in [-0.1, -0.05) is 6.07 Å². The Labute approximate surface area is 158 Å². The fourth-order valence-corrected chi connectivity index (χ4v) is 4.67. The first-order chi connectivity index (χ1) is 12.9. The zero-order valence-electron chi connectivity index (χ0n) is 15.5. The van der Waals surface area contributed by atoms with Gasteiger partial charge in [-0.2, -0.15) is 0 Å². The molecule has 1 spiro atoms. The van der Waals surface area contributed by atoms with E-state index >= 15 is 0 Å². The fourth-order valence-electron chi connectivity index (χ4n) is 4.67. The van der Waals surface area contributed by atoms with Crippen LogP contribution in [0.1, 0.15) is 44.1 Å². The summed E-state index contributed by atoms with van der Waals surface area (Å²) in [5, 5.41) is 0. The van der Waals surface area contributed by atoms with E-state index in [0.717, 1.165) is 24.8 Å². The molecule has 3 fully saturated rings. The molecule has 144 valence electrons. The van der Waals surface area contributed by atoms with Gasteiger partial charge in [0.05, 0.1) is 0 Å². The number of nitrogens with zero attached hydrogens (tertiary/aromatic N) is 3. The lowest BCUT2D eigenvalue weighted by Crippen LogP contribution is -2.56. The maximum absolute atomic E-state index is 12.9. The predicted molar refractivity (Wildman–Crippen MR) is 98.0 cm³/mol. The summed E-state index contributed by atoms with van der Waals surface area (Å²) in [5.41, 5.74) is 5.46. The van der Waals surface area contributed by atoms with E-state index in [-0.39, 0.29) is 17.2 Å². The summed E-state index contributed by atoms with van der Waals surface area (Å²) in [7, 11) is 0. The van der Waals surface area contributed by atoms with Gasteiger partial charge < -0.3 is 15.5 Å². The van der Waals surface area contributed by atoms with E-state index in [2.05, 4.69) is 4.98 Å².